The molecule has 1 aromatic rings. The number of amides is 2. The van der Waals surface area contributed by atoms with E-state index in [1.807, 2.05) is 45.9 Å². The number of carbonyl (C=O) groups excluding carboxylic acids is 2. The van der Waals surface area contributed by atoms with Crippen LogP contribution in [0.2, 0.25) is 0 Å². The molecular formula is C20H28N2O4. The van der Waals surface area contributed by atoms with Crippen LogP contribution in [0.15, 0.2) is 18.2 Å². The first-order valence-corrected chi connectivity index (χ1v) is 9.24. The molecule has 1 aliphatic heterocycles. The predicted octanol–water partition coefficient (Wildman–Crippen LogP) is 2.61. The van der Waals surface area contributed by atoms with Crippen molar-refractivity contribution in [3.63, 3.8) is 0 Å². The summed E-state index contributed by atoms with van der Waals surface area (Å²) in [4.78, 5) is 25.4. The van der Waals surface area contributed by atoms with E-state index in [9.17, 15) is 9.59 Å². The molecule has 1 aromatic carbocycles. The molecule has 0 spiro atoms. The van der Waals surface area contributed by atoms with Crippen molar-refractivity contribution < 1.29 is 19.1 Å². The highest BCUT2D eigenvalue weighted by molar-refractivity contribution is 5.87. The summed E-state index contributed by atoms with van der Waals surface area (Å²) in [6, 6.07) is 5.67. The smallest absolute Gasteiger partial charge is 0.231 e. The molecule has 0 saturated heterocycles. The van der Waals surface area contributed by atoms with Crippen LogP contribution in [0.3, 0.4) is 0 Å². The molecule has 2 N–H and O–H groups in total. The second kappa shape index (κ2) is 6.82. The Bertz CT molecular complexity index is 716. The van der Waals surface area contributed by atoms with Crippen molar-refractivity contribution in [3.05, 3.63) is 23.8 Å². The zero-order valence-corrected chi connectivity index (χ0v) is 16.0. The maximum atomic E-state index is 13.0. The molecule has 3 rings (SSSR count). The molecule has 1 saturated carbocycles. The lowest BCUT2D eigenvalue weighted by Crippen LogP contribution is -2.49. The number of benzene rings is 1. The van der Waals surface area contributed by atoms with Gasteiger partial charge in [0.25, 0.3) is 0 Å². The second-order valence-corrected chi connectivity index (χ2v) is 7.91. The first-order valence-electron chi connectivity index (χ1n) is 9.24. The van der Waals surface area contributed by atoms with Crippen LogP contribution >= 0.6 is 0 Å². The van der Waals surface area contributed by atoms with Gasteiger partial charge in [0.1, 0.15) is 0 Å². The minimum Gasteiger partial charge on any atom is -0.454 e. The van der Waals surface area contributed by atoms with Crippen molar-refractivity contribution in [2.24, 2.45) is 16.7 Å². The lowest BCUT2D eigenvalue weighted by molar-refractivity contribution is -0.139. The first kappa shape index (κ1) is 18.5. The third-order valence-electron chi connectivity index (χ3n) is 6.28. The predicted molar refractivity (Wildman–Crippen MR) is 97.7 cm³/mol. The number of rotatable bonds is 5. The van der Waals surface area contributed by atoms with Gasteiger partial charge in [0, 0.05) is 19.0 Å². The van der Waals surface area contributed by atoms with E-state index in [0.717, 1.165) is 17.7 Å². The Morgan fingerprint density at radius 1 is 1.15 bits per heavy atom. The van der Waals surface area contributed by atoms with E-state index in [1.54, 1.807) is 0 Å². The third-order valence-corrected chi connectivity index (χ3v) is 6.28. The summed E-state index contributed by atoms with van der Waals surface area (Å²) in [5.74, 6) is 1.33. The first-order chi connectivity index (χ1) is 12.3. The fraction of sp³-hybridized carbons (Fsp3) is 0.600. The van der Waals surface area contributed by atoms with Gasteiger partial charge in [-0.15, -0.1) is 0 Å². The van der Waals surface area contributed by atoms with E-state index >= 15 is 0 Å². The fourth-order valence-electron chi connectivity index (χ4n) is 4.09. The number of carbonyl (C=O) groups is 2. The summed E-state index contributed by atoms with van der Waals surface area (Å²) in [7, 11) is 0. The molecule has 0 aromatic heterocycles. The molecule has 0 unspecified atom stereocenters. The normalized spacial score (nSPS) is 25.8. The Kier molecular flexibility index (Phi) is 4.86. The SMILES string of the molecule is CCNC(=O)[C@H]1CC[C@@](C)(C(=O)NCc2ccc3c(c2)OCO3)C1(C)C. The lowest BCUT2D eigenvalue weighted by atomic mass is 9.65. The maximum absolute atomic E-state index is 13.0. The van der Waals surface area contributed by atoms with Crippen molar-refractivity contribution in [2.45, 2.75) is 47.1 Å². The summed E-state index contributed by atoms with van der Waals surface area (Å²) < 4.78 is 10.7. The highest BCUT2D eigenvalue weighted by Crippen LogP contribution is 2.56. The topological polar surface area (TPSA) is 76.7 Å². The number of hydrogen-bond donors (Lipinski definition) is 2. The van der Waals surface area contributed by atoms with Crippen molar-refractivity contribution in [1.82, 2.24) is 10.6 Å². The van der Waals surface area contributed by atoms with Gasteiger partial charge in [-0.2, -0.15) is 0 Å². The van der Waals surface area contributed by atoms with Crippen molar-refractivity contribution >= 4 is 11.8 Å². The van der Waals surface area contributed by atoms with Crippen LogP contribution in [-0.4, -0.2) is 25.2 Å². The van der Waals surface area contributed by atoms with Crippen LogP contribution in [0.4, 0.5) is 0 Å². The second-order valence-electron chi connectivity index (χ2n) is 7.91. The maximum Gasteiger partial charge on any atom is 0.231 e. The molecule has 6 heteroatoms. The van der Waals surface area contributed by atoms with Gasteiger partial charge in [-0.1, -0.05) is 26.8 Å². The fourth-order valence-corrected chi connectivity index (χ4v) is 4.09. The molecule has 142 valence electrons. The number of hydrogen-bond acceptors (Lipinski definition) is 4. The van der Waals surface area contributed by atoms with E-state index in [0.29, 0.717) is 25.3 Å². The number of fused-ring (bicyclic) bond motifs is 1. The monoisotopic (exact) mass is 360 g/mol. The van der Waals surface area contributed by atoms with Gasteiger partial charge in [0.05, 0.1) is 5.41 Å². The van der Waals surface area contributed by atoms with Gasteiger partial charge >= 0.3 is 0 Å². The van der Waals surface area contributed by atoms with Gasteiger partial charge < -0.3 is 20.1 Å². The summed E-state index contributed by atoms with van der Waals surface area (Å²) in [5, 5.41) is 5.96. The average Bonchev–Trinajstić information content (AvgIpc) is 3.15. The lowest BCUT2D eigenvalue weighted by Gasteiger charge is -2.39. The Hall–Kier alpha value is -2.24. The Labute approximate surface area is 154 Å². The molecular weight excluding hydrogens is 332 g/mol. The van der Waals surface area contributed by atoms with E-state index in [-0.39, 0.29) is 24.5 Å². The Morgan fingerprint density at radius 3 is 2.62 bits per heavy atom. The number of ether oxygens (including phenoxy) is 2. The van der Waals surface area contributed by atoms with E-state index in [4.69, 9.17) is 9.47 Å². The van der Waals surface area contributed by atoms with E-state index in [1.165, 1.54) is 0 Å². The molecule has 0 bridgehead atoms. The zero-order chi connectivity index (χ0) is 18.9. The molecule has 6 nitrogen and oxygen atoms in total. The standard InChI is InChI=1S/C20H28N2O4/c1-5-21-17(23)14-8-9-20(4,19(14,2)3)18(24)22-11-13-6-7-15-16(10-13)26-12-25-15/h6-7,10,14H,5,8-9,11-12H2,1-4H3,(H,21,23)(H,22,24)/t14-,20+/m1/s1. The summed E-state index contributed by atoms with van der Waals surface area (Å²) in [6.45, 7) is 9.21. The third kappa shape index (κ3) is 3.02. The summed E-state index contributed by atoms with van der Waals surface area (Å²) in [5.41, 5.74) is -0.0353. The molecule has 2 amide bonds. The Balaban J connectivity index is 1.68. The summed E-state index contributed by atoms with van der Waals surface area (Å²) in [6.07, 6.45) is 1.43. The molecule has 1 aliphatic carbocycles. The van der Waals surface area contributed by atoms with Crippen LogP contribution in [0.25, 0.3) is 0 Å². The average molecular weight is 360 g/mol. The molecule has 0 radical (unpaired) electrons. The Morgan fingerprint density at radius 2 is 1.88 bits per heavy atom. The van der Waals surface area contributed by atoms with Crippen LogP contribution in [0, 0.1) is 16.7 Å². The van der Waals surface area contributed by atoms with Gasteiger partial charge in [-0.3, -0.25) is 9.59 Å². The molecule has 1 fully saturated rings. The van der Waals surface area contributed by atoms with Gasteiger partial charge in [-0.05, 0) is 42.9 Å². The highest BCUT2D eigenvalue weighted by Gasteiger charge is 2.57. The van der Waals surface area contributed by atoms with Crippen molar-refractivity contribution in [3.8, 4) is 11.5 Å². The molecule has 2 aliphatic rings. The minimum atomic E-state index is -0.584. The minimum absolute atomic E-state index is 0.00744. The highest BCUT2D eigenvalue weighted by atomic mass is 16.7. The zero-order valence-electron chi connectivity index (χ0n) is 16.0. The van der Waals surface area contributed by atoms with Gasteiger partial charge in [0.2, 0.25) is 18.6 Å². The largest absolute Gasteiger partial charge is 0.454 e. The number of nitrogens with one attached hydrogen (secondary N) is 2. The van der Waals surface area contributed by atoms with Gasteiger partial charge in [0.15, 0.2) is 11.5 Å². The van der Waals surface area contributed by atoms with Crippen LogP contribution < -0.4 is 20.1 Å². The van der Waals surface area contributed by atoms with E-state index < -0.39 is 10.8 Å². The molecule has 1 heterocycles. The molecule has 2 atom stereocenters. The van der Waals surface area contributed by atoms with Crippen molar-refractivity contribution in [2.75, 3.05) is 13.3 Å². The van der Waals surface area contributed by atoms with Crippen LogP contribution in [0.1, 0.15) is 46.1 Å². The van der Waals surface area contributed by atoms with Crippen LogP contribution in [0.5, 0.6) is 11.5 Å². The molecule has 26 heavy (non-hydrogen) atoms. The van der Waals surface area contributed by atoms with Gasteiger partial charge in [-0.25, -0.2) is 0 Å². The quantitative estimate of drug-likeness (QED) is 0.846. The van der Waals surface area contributed by atoms with Crippen LogP contribution in [-0.2, 0) is 16.1 Å². The summed E-state index contributed by atoms with van der Waals surface area (Å²) >= 11 is 0. The van der Waals surface area contributed by atoms with E-state index in [2.05, 4.69) is 10.6 Å². The van der Waals surface area contributed by atoms with Crippen molar-refractivity contribution in [1.29, 1.82) is 0 Å².